The minimum absolute atomic E-state index is 0.0988. The first kappa shape index (κ1) is 12.2. The van der Waals surface area contributed by atoms with Crippen LogP contribution in [-0.4, -0.2) is 17.2 Å². The van der Waals surface area contributed by atoms with E-state index < -0.39 is 5.97 Å². The molecule has 4 heteroatoms. The number of hydrogen-bond donors (Lipinski definition) is 1. The number of carboxylic acid groups (broad SMARTS) is 1. The normalized spacial score (nSPS) is 16.8. The molecule has 0 unspecified atom stereocenters. The fourth-order valence-electron chi connectivity index (χ4n) is 2.15. The molecule has 0 amide bonds. The fraction of sp³-hybridized carbons (Fsp3) is 0.462. The number of aromatic carboxylic acids is 1. The van der Waals surface area contributed by atoms with Gasteiger partial charge in [0, 0.05) is 0 Å². The Labute approximate surface area is 105 Å². The molecule has 17 heavy (non-hydrogen) atoms. The maximum atomic E-state index is 11.1. The first-order valence-corrected chi connectivity index (χ1v) is 6.25. The number of carboxylic acids is 1. The van der Waals surface area contributed by atoms with Gasteiger partial charge in [-0.2, -0.15) is 0 Å². The zero-order valence-electron chi connectivity index (χ0n) is 9.49. The van der Waals surface area contributed by atoms with Crippen molar-refractivity contribution in [2.45, 2.75) is 38.2 Å². The van der Waals surface area contributed by atoms with Gasteiger partial charge in [-0.15, -0.1) is 0 Å². The smallest absolute Gasteiger partial charge is 0.339 e. The molecule has 0 atom stereocenters. The molecule has 3 nitrogen and oxygen atoms in total. The highest BCUT2D eigenvalue weighted by molar-refractivity contribution is 6.32. The Morgan fingerprint density at radius 3 is 2.65 bits per heavy atom. The average Bonchev–Trinajstić information content (AvgIpc) is 2.33. The van der Waals surface area contributed by atoms with Crippen LogP contribution >= 0.6 is 11.6 Å². The molecule has 0 saturated heterocycles. The summed E-state index contributed by atoms with van der Waals surface area (Å²) in [6, 6.07) is 4.80. The first-order valence-electron chi connectivity index (χ1n) is 5.87. The Balaban J connectivity index is 2.21. The van der Waals surface area contributed by atoms with Crippen LogP contribution in [0.2, 0.25) is 5.02 Å². The Kier molecular flexibility index (Phi) is 3.89. The minimum atomic E-state index is -1.00. The SMILES string of the molecule is O=C(O)c1cccc(Cl)c1OC1CCCCC1. The first-order chi connectivity index (χ1) is 8.18. The summed E-state index contributed by atoms with van der Waals surface area (Å²) in [5.74, 6) is -0.688. The zero-order chi connectivity index (χ0) is 12.3. The molecule has 0 aromatic heterocycles. The number of benzene rings is 1. The molecular formula is C13H15ClO3. The Bertz CT molecular complexity index is 411. The van der Waals surface area contributed by atoms with E-state index in [0.717, 1.165) is 25.7 Å². The lowest BCUT2D eigenvalue weighted by molar-refractivity contribution is 0.0686. The molecular weight excluding hydrogens is 240 g/mol. The van der Waals surface area contributed by atoms with Crippen molar-refractivity contribution in [3.8, 4) is 5.75 Å². The van der Waals surface area contributed by atoms with Gasteiger partial charge < -0.3 is 9.84 Å². The maximum absolute atomic E-state index is 11.1. The quantitative estimate of drug-likeness (QED) is 0.894. The zero-order valence-corrected chi connectivity index (χ0v) is 10.2. The predicted molar refractivity (Wildman–Crippen MR) is 65.9 cm³/mol. The van der Waals surface area contributed by atoms with Crippen LogP contribution in [0.1, 0.15) is 42.5 Å². The highest BCUT2D eigenvalue weighted by atomic mass is 35.5. The van der Waals surface area contributed by atoms with Crippen LogP contribution in [0.25, 0.3) is 0 Å². The van der Waals surface area contributed by atoms with Crippen LogP contribution < -0.4 is 4.74 Å². The summed E-state index contributed by atoms with van der Waals surface area (Å²) in [7, 11) is 0. The van der Waals surface area contributed by atoms with E-state index in [0.29, 0.717) is 10.8 Å². The van der Waals surface area contributed by atoms with Crippen molar-refractivity contribution in [2.75, 3.05) is 0 Å². The Morgan fingerprint density at radius 2 is 2.00 bits per heavy atom. The highest BCUT2D eigenvalue weighted by Gasteiger charge is 2.20. The lowest BCUT2D eigenvalue weighted by atomic mass is 9.97. The number of carbonyl (C=O) groups is 1. The summed E-state index contributed by atoms with van der Waals surface area (Å²) in [6.45, 7) is 0. The Morgan fingerprint density at radius 1 is 1.29 bits per heavy atom. The van der Waals surface area contributed by atoms with Gasteiger partial charge in [0.1, 0.15) is 5.56 Å². The molecule has 2 rings (SSSR count). The number of para-hydroxylation sites is 1. The molecule has 0 bridgehead atoms. The molecule has 1 aliphatic rings. The van der Waals surface area contributed by atoms with Crippen molar-refractivity contribution >= 4 is 17.6 Å². The lowest BCUT2D eigenvalue weighted by Gasteiger charge is -2.24. The van der Waals surface area contributed by atoms with Crippen molar-refractivity contribution in [2.24, 2.45) is 0 Å². The standard InChI is InChI=1S/C13H15ClO3/c14-11-8-4-7-10(13(15)16)12(11)17-9-5-2-1-3-6-9/h4,7-9H,1-3,5-6H2,(H,15,16). The van der Waals surface area contributed by atoms with Gasteiger partial charge in [0.25, 0.3) is 0 Å². The van der Waals surface area contributed by atoms with Crippen LogP contribution in [0, 0.1) is 0 Å². The molecule has 1 aromatic carbocycles. The van der Waals surface area contributed by atoms with Gasteiger partial charge in [-0.05, 0) is 37.8 Å². The summed E-state index contributed by atoms with van der Waals surface area (Å²) >= 11 is 6.00. The summed E-state index contributed by atoms with van der Waals surface area (Å²) in [5, 5.41) is 9.45. The number of hydrogen-bond acceptors (Lipinski definition) is 2. The summed E-state index contributed by atoms with van der Waals surface area (Å²) in [5.41, 5.74) is 0.142. The molecule has 0 heterocycles. The van der Waals surface area contributed by atoms with Crippen molar-refractivity contribution in [1.29, 1.82) is 0 Å². The van der Waals surface area contributed by atoms with Crippen molar-refractivity contribution < 1.29 is 14.6 Å². The van der Waals surface area contributed by atoms with Gasteiger partial charge in [-0.3, -0.25) is 0 Å². The third-order valence-corrected chi connectivity index (χ3v) is 3.33. The van der Waals surface area contributed by atoms with Gasteiger partial charge in [-0.1, -0.05) is 24.1 Å². The molecule has 1 saturated carbocycles. The monoisotopic (exact) mass is 254 g/mol. The third-order valence-electron chi connectivity index (χ3n) is 3.03. The molecule has 1 aliphatic carbocycles. The van der Waals surface area contributed by atoms with E-state index in [2.05, 4.69) is 0 Å². The second-order valence-corrected chi connectivity index (χ2v) is 4.71. The summed E-state index contributed by atoms with van der Waals surface area (Å²) in [6.07, 6.45) is 5.55. The van der Waals surface area contributed by atoms with Crippen LogP contribution in [-0.2, 0) is 0 Å². The van der Waals surface area contributed by atoms with E-state index in [9.17, 15) is 4.79 Å². The molecule has 1 fully saturated rings. The van der Waals surface area contributed by atoms with Crippen LogP contribution in [0.15, 0.2) is 18.2 Å². The van der Waals surface area contributed by atoms with E-state index in [4.69, 9.17) is 21.4 Å². The van der Waals surface area contributed by atoms with E-state index in [1.54, 1.807) is 12.1 Å². The molecule has 1 aromatic rings. The summed E-state index contributed by atoms with van der Waals surface area (Å²) < 4.78 is 5.77. The van der Waals surface area contributed by atoms with Crippen molar-refractivity contribution in [1.82, 2.24) is 0 Å². The lowest BCUT2D eigenvalue weighted by Crippen LogP contribution is -2.21. The van der Waals surface area contributed by atoms with Crippen molar-refractivity contribution in [3.05, 3.63) is 28.8 Å². The second kappa shape index (κ2) is 5.41. The van der Waals surface area contributed by atoms with Crippen LogP contribution in [0.5, 0.6) is 5.75 Å². The van der Waals surface area contributed by atoms with E-state index in [1.807, 2.05) is 0 Å². The van der Waals surface area contributed by atoms with Gasteiger partial charge in [0.05, 0.1) is 11.1 Å². The Hall–Kier alpha value is -1.22. The van der Waals surface area contributed by atoms with E-state index in [1.165, 1.54) is 12.5 Å². The van der Waals surface area contributed by atoms with Crippen LogP contribution in [0.3, 0.4) is 0 Å². The largest absolute Gasteiger partial charge is 0.488 e. The third kappa shape index (κ3) is 2.91. The number of ether oxygens (including phenoxy) is 1. The molecule has 0 radical (unpaired) electrons. The fourth-order valence-corrected chi connectivity index (χ4v) is 2.37. The van der Waals surface area contributed by atoms with Gasteiger partial charge in [-0.25, -0.2) is 4.79 Å². The van der Waals surface area contributed by atoms with Gasteiger partial charge in [0.2, 0.25) is 0 Å². The highest BCUT2D eigenvalue weighted by Crippen LogP contribution is 2.32. The van der Waals surface area contributed by atoms with Gasteiger partial charge in [0.15, 0.2) is 5.75 Å². The minimum Gasteiger partial charge on any atom is -0.488 e. The predicted octanol–water partition coefficient (Wildman–Crippen LogP) is 3.75. The molecule has 0 aliphatic heterocycles. The van der Waals surface area contributed by atoms with Crippen molar-refractivity contribution in [3.63, 3.8) is 0 Å². The van der Waals surface area contributed by atoms with E-state index >= 15 is 0 Å². The number of rotatable bonds is 3. The average molecular weight is 255 g/mol. The topological polar surface area (TPSA) is 46.5 Å². The molecule has 92 valence electrons. The number of halogens is 1. The second-order valence-electron chi connectivity index (χ2n) is 4.30. The van der Waals surface area contributed by atoms with Crippen LogP contribution in [0.4, 0.5) is 0 Å². The van der Waals surface area contributed by atoms with E-state index in [-0.39, 0.29) is 11.7 Å². The molecule has 1 N–H and O–H groups in total. The maximum Gasteiger partial charge on any atom is 0.339 e. The molecule has 0 spiro atoms. The van der Waals surface area contributed by atoms with Gasteiger partial charge >= 0.3 is 5.97 Å². The summed E-state index contributed by atoms with van der Waals surface area (Å²) in [4.78, 5) is 11.1.